The molecule has 0 spiro atoms. The van der Waals surface area contributed by atoms with Crippen molar-refractivity contribution < 1.29 is 14.3 Å². The van der Waals surface area contributed by atoms with E-state index in [1.54, 1.807) is 30.3 Å². The third-order valence-corrected chi connectivity index (χ3v) is 3.98. The van der Waals surface area contributed by atoms with Gasteiger partial charge in [0.15, 0.2) is 5.72 Å². The summed E-state index contributed by atoms with van der Waals surface area (Å²) in [6.45, 7) is 1.90. The van der Waals surface area contributed by atoms with Crippen molar-refractivity contribution in [3.8, 4) is 0 Å². The minimum atomic E-state index is -1.59. The zero-order chi connectivity index (χ0) is 16.4. The van der Waals surface area contributed by atoms with Crippen LogP contribution in [0.2, 0.25) is 0 Å². The highest BCUT2D eigenvalue weighted by Gasteiger charge is 2.46. The molecule has 1 heterocycles. The highest BCUT2D eigenvalue weighted by molar-refractivity contribution is 5.98. The van der Waals surface area contributed by atoms with Crippen LogP contribution in [0.5, 0.6) is 0 Å². The number of halogens is 1. The van der Waals surface area contributed by atoms with E-state index in [9.17, 15) is 14.3 Å². The van der Waals surface area contributed by atoms with E-state index in [2.05, 4.69) is 5.10 Å². The van der Waals surface area contributed by atoms with Gasteiger partial charge in [0.1, 0.15) is 5.82 Å². The van der Waals surface area contributed by atoms with Crippen LogP contribution in [-0.4, -0.2) is 21.7 Å². The summed E-state index contributed by atoms with van der Waals surface area (Å²) in [5, 5.41) is 16.4. The zero-order valence-corrected chi connectivity index (χ0v) is 12.7. The molecular formula is C18H17FN2O2. The van der Waals surface area contributed by atoms with Gasteiger partial charge in [-0.2, -0.15) is 10.1 Å². The Balaban J connectivity index is 2.05. The summed E-state index contributed by atoms with van der Waals surface area (Å²) in [5.74, 6) is -1.29. The van der Waals surface area contributed by atoms with Crippen molar-refractivity contribution in [2.75, 3.05) is 0 Å². The lowest BCUT2D eigenvalue weighted by molar-refractivity contribution is -0.0767. The molecule has 0 saturated carbocycles. The molecule has 1 atom stereocenters. The minimum absolute atomic E-state index is 0.108. The second kappa shape index (κ2) is 5.93. The molecule has 0 fully saturated rings. The molecule has 1 amide bonds. The lowest BCUT2D eigenvalue weighted by atomic mass is 9.96. The number of hydrogen-bond acceptors (Lipinski definition) is 3. The summed E-state index contributed by atoms with van der Waals surface area (Å²) in [4.78, 5) is 12.7. The van der Waals surface area contributed by atoms with Crippen LogP contribution in [0.25, 0.3) is 0 Å². The minimum Gasteiger partial charge on any atom is -0.365 e. The van der Waals surface area contributed by atoms with Gasteiger partial charge in [0.2, 0.25) is 0 Å². The van der Waals surface area contributed by atoms with Gasteiger partial charge in [-0.05, 0) is 18.6 Å². The van der Waals surface area contributed by atoms with E-state index >= 15 is 0 Å². The van der Waals surface area contributed by atoms with Crippen molar-refractivity contribution >= 4 is 11.6 Å². The molecule has 5 heteroatoms. The van der Waals surface area contributed by atoms with Crippen molar-refractivity contribution in [2.45, 2.75) is 25.5 Å². The van der Waals surface area contributed by atoms with Gasteiger partial charge in [-0.1, -0.05) is 49.4 Å². The molecule has 0 unspecified atom stereocenters. The number of rotatable bonds is 3. The number of hydrazone groups is 1. The van der Waals surface area contributed by atoms with E-state index in [1.165, 1.54) is 18.2 Å². The normalized spacial score (nSPS) is 20.5. The maximum Gasteiger partial charge on any atom is 0.279 e. The molecule has 0 aliphatic carbocycles. The third-order valence-electron chi connectivity index (χ3n) is 3.98. The fraction of sp³-hybridized carbons (Fsp3) is 0.222. The lowest BCUT2D eigenvalue weighted by Crippen LogP contribution is -2.43. The van der Waals surface area contributed by atoms with E-state index < -0.39 is 17.4 Å². The largest absolute Gasteiger partial charge is 0.365 e. The number of amides is 1. The van der Waals surface area contributed by atoms with Gasteiger partial charge >= 0.3 is 0 Å². The van der Waals surface area contributed by atoms with Crippen molar-refractivity contribution in [1.82, 2.24) is 5.01 Å². The molecule has 4 nitrogen and oxygen atoms in total. The molecule has 2 aromatic rings. The number of aliphatic hydroxyl groups is 1. The number of carbonyl (C=O) groups excluding carboxylic acids is 1. The molecule has 1 aliphatic rings. The Bertz CT molecular complexity index is 761. The maximum atomic E-state index is 13.9. The van der Waals surface area contributed by atoms with Crippen LogP contribution in [-0.2, 0) is 5.72 Å². The van der Waals surface area contributed by atoms with E-state index in [0.29, 0.717) is 17.7 Å². The summed E-state index contributed by atoms with van der Waals surface area (Å²) >= 11 is 0. The van der Waals surface area contributed by atoms with Crippen molar-refractivity contribution in [1.29, 1.82) is 0 Å². The molecular weight excluding hydrogens is 295 g/mol. The van der Waals surface area contributed by atoms with E-state index in [1.807, 2.05) is 13.0 Å². The molecule has 3 rings (SSSR count). The second-order valence-electron chi connectivity index (χ2n) is 5.48. The van der Waals surface area contributed by atoms with E-state index in [-0.39, 0.29) is 12.0 Å². The van der Waals surface area contributed by atoms with Gasteiger partial charge in [-0.3, -0.25) is 4.79 Å². The summed E-state index contributed by atoms with van der Waals surface area (Å²) in [6, 6.07) is 14.6. The number of hydrogen-bond donors (Lipinski definition) is 1. The first kappa shape index (κ1) is 15.4. The quantitative estimate of drug-likeness (QED) is 0.945. The predicted molar refractivity (Wildman–Crippen MR) is 85.3 cm³/mol. The first-order chi connectivity index (χ1) is 11.1. The fourth-order valence-corrected chi connectivity index (χ4v) is 2.71. The molecule has 0 saturated heterocycles. The van der Waals surface area contributed by atoms with Crippen molar-refractivity contribution in [3.05, 3.63) is 71.5 Å². The smallest absolute Gasteiger partial charge is 0.279 e. The van der Waals surface area contributed by atoms with Gasteiger partial charge in [0.25, 0.3) is 5.91 Å². The summed E-state index contributed by atoms with van der Waals surface area (Å²) in [5.41, 5.74) is -0.452. The Morgan fingerprint density at radius 2 is 1.87 bits per heavy atom. The highest BCUT2D eigenvalue weighted by atomic mass is 19.1. The molecule has 0 radical (unpaired) electrons. The Kier molecular flexibility index (Phi) is 3.96. The highest BCUT2D eigenvalue weighted by Crippen LogP contribution is 2.37. The molecule has 2 aromatic carbocycles. The van der Waals surface area contributed by atoms with Gasteiger partial charge in [-0.15, -0.1) is 0 Å². The standard InChI is InChI=1S/C18H17FN2O2/c1-2-14-12-18(23,13-8-4-3-5-9-13)21(20-14)17(22)15-10-6-7-11-16(15)19/h3-11,23H,2,12H2,1H3/t18-/m0/s1. The average Bonchev–Trinajstić information content (AvgIpc) is 2.94. The predicted octanol–water partition coefficient (Wildman–Crippen LogP) is 3.28. The van der Waals surface area contributed by atoms with Crippen LogP contribution in [0.3, 0.4) is 0 Å². The Morgan fingerprint density at radius 1 is 1.22 bits per heavy atom. The van der Waals surface area contributed by atoms with Gasteiger partial charge in [0.05, 0.1) is 5.56 Å². The van der Waals surface area contributed by atoms with E-state index in [4.69, 9.17) is 0 Å². The topological polar surface area (TPSA) is 52.9 Å². The van der Waals surface area contributed by atoms with Crippen LogP contribution in [0.15, 0.2) is 59.7 Å². The van der Waals surface area contributed by atoms with Crippen molar-refractivity contribution in [2.24, 2.45) is 5.10 Å². The van der Waals surface area contributed by atoms with Crippen LogP contribution in [0, 0.1) is 5.82 Å². The summed E-state index contributed by atoms with van der Waals surface area (Å²) in [6.07, 6.45) is 0.823. The molecule has 1 N–H and O–H groups in total. The van der Waals surface area contributed by atoms with Crippen LogP contribution >= 0.6 is 0 Å². The van der Waals surface area contributed by atoms with Crippen molar-refractivity contribution in [3.63, 3.8) is 0 Å². The second-order valence-corrected chi connectivity index (χ2v) is 5.48. The SMILES string of the molecule is CCC1=NN(C(=O)c2ccccc2F)[C@@](O)(c2ccccc2)C1. The van der Waals surface area contributed by atoms with E-state index in [0.717, 1.165) is 5.01 Å². The first-order valence-corrected chi connectivity index (χ1v) is 7.49. The monoisotopic (exact) mass is 312 g/mol. The molecule has 0 bridgehead atoms. The average molecular weight is 312 g/mol. The fourth-order valence-electron chi connectivity index (χ4n) is 2.71. The van der Waals surface area contributed by atoms with Crippen LogP contribution < -0.4 is 0 Å². The Morgan fingerprint density at radius 3 is 2.52 bits per heavy atom. The van der Waals surface area contributed by atoms with Crippen LogP contribution in [0.4, 0.5) is 4.39 Å². The van der Waals surface area contributed by atoms with Gasteiger partial charge in [0, 0.05) is 17.7 Å². The summed E-state index contributed by atoms with van der Waals surface area (Å²) in [7, 11) is 0. The lowest BCUT2D eigenvalue weighted by Gasteiger charge is -2.31. The van der Waals surface area contributed by atoms with Gasteiger partial charge < -0.3 is 5.11 Å². The van der Waals surface area contributed by atoms with Gasteiger partial charge in [-0.25, -0.2) is 4.39 Å². The van der Waals surface area contributed by atoms with Crippen LogP contribution in [0.1, 0.15) is 35.7 Å². The Hall–Kier alpha value is -2.53. The molecule has 23 heavy (non-hydrogen) atoms. The molecule has 118 valence electrons. The number of carbonyl (C=O) groups is 1. The zero-order valence-electron chi connectivity index (χ0n) is 12.7. The Labute approximate surface area is 133 Å². The maximum absolute atomic E-state index is 13.9. The molecule has 0 aromatic heterocycles. The summed E-state index contributed by atoms with van der Waals surface area (Å²) < 4.78 is 13.9. The number of benzene rings is 2. The number of nitrogens with zero attached hydrogens (tertiary/aromatic N) is 2. The third kappa shape index (κ3) is 2.64. The first-order valence-electron chi connectivity index (χ1n) is 7.49. The molecule has 1 aliphatic heterocycles.